The number of hydrogen-bond donors (Lipinski definition) is 1. The van der Waals surface area contributed by atoms with Gasteiger partial charge in [-0.3, -0.25) is 4.79 Å². The topological polar surface area (TPSA) is 87.5 Å². The van der Waals surface area contributed by atoms with Gasteiger partial charge in [0.1, 0.15) is 11.5 Å². The molecule has 4 aromatic rings. The maximum Gasteiger partial charge on any atom is 0.416 e. The van der Waals surface area contributed by atoms with Gasteiger partial charge in [-0.05, 0) is 48.5 Å². The molecule has 0 unspecified atom stereocenters. The van der Waals surface area contributed by atoms with Gasteiger partial charge in [0.2, 0.25) is 0 Å². The molecule has 0 spiro atoms. The van der Waals surface area contributed by atoms with Gasteiger partial charge in [0.05, 0.1) is 32.6 Å². The third kappa shape index (κ3) is 5.24. The molecule has 4 rings (SSSR count). The fraction of sp³-hybridized carbons (Fsp3) is 0.160. The quantitative estimate of drug-likeness (QED) is 0.376. The molecular weight excluding hydrogens is 477 g/mol. The van der Waals surface area contributed by atoms with Crippen LogP contribution < -0.4 is 19.5 Å². The molecule has 0 atom stereocenters. The number of methoxy groups -OCH3 is 3. The summed E-state index contributed by atoms with van der Waals surface area (Å²) in [6.07, 6.45) is -4.44. The van der Waals surface area contributed by atoms with E-state index in [0.29, 0.717) is 39.8 Å². The second kappa shape index (κ2) is 9.98. The molecule has 186 valence electrons. The van der Waals surface area contributed by atoms with Gasteiger partial charge in [-0.2, -0.15) is 18.2 Å². The smallest absolute Gasteiger partial charge is 0.416 e. The molecule has 0 aliphatic rings. The average molecular weight is 498 g/mol. The van der Waals surface area contributed by atoms with E-state index in [0.717, 1.165) is 12.1 Å². The summed E-state index contributed by atoms with van der Waals surface area (Å²) < 4.78 is 55.8. The van der Waals surface area contributed by atoms with Gasteiger partial charge in [0.25, 0.3) is 5.91 Å². The van der Waals surface area contributed by atoms with E-state index in [1.807, 2.05) is 0 Å². The number of aromatic nitrogens is 3. The lowest BCUT2D eigenvalue weighted by Crippen LogP contribution is -2.12. The van der Waals surface area contributed by atoms with Crippen LogP contribution in [-0.4, -0.2) is 42.0 Å². The maximum absolute atomic E-state index is 12.9. The van der Waals surface area contributed by atoms with Crippen molar-refractivity contribution in [2.24, 2.45) is 0 Å². The third-order valence-electron chi connectivity index (χ3n) is 5.22. The van der Waals surface area contributed by atoms with Crippen LogP contribution in [0.5, 0.6) is 17.5 Å². The number of alkyl halides is 3. The summed E-state index contributed by atoms with van der Waals surface area (Å²) in [5.74, 6) is 0.880. The predicted molar refractivity (Wildman–Crippen MR) is 126 cm³/mol. The van der Waals surface area contributed by atoms with Crippen LogP contribution in [0.4, 0.5) is 18.9 Å². The fourth-order valence-electron chi connectivity index (χ4n) is 3.38. The van der Waals surface area contributed by atoms with Crippen LogP contribution >= 0.6 is 0 Å². The highest BCUT2D eigenvalue weighted by atomic mass is 19.4. The van der Waals surface area contributed by atoms with E-state index in [2.05, 4.69) is 15.4 Å². The van der Waals surface area contributed by atoms with Crippen LogP contribution in [0.15, 0.2) is 66.7 Å². The minimum Gasteiger partial charge on any atom is -0.497 e. The lowest BCUT2D eigenvalue weighted by Gasteiger charge is -2.11. The first-order valence-corrected chi connectivity index (χ1v) is 10.6. The number of benzene rings is 3. The van der Waals surface area contributed by atoms with Gasteiger partial charge >= 0.3 is 12.2 Å². The van der Waals surface area contributed by atoms with E-state index >= 15 is 0 Å². The van der Waals surface area contributed by atoms with Crippen molar-refractivity contribution in [3.63, 3.8) is 0 Å². The monoisotopic (exact) mass is 498 g/mol. The number of nitrogens with zero attached hydrogens (tertiary/aromatic N) is 3. The highest BCUT2D eigenvalue weighted by Gasteiger charge is 2.30. The first-order valence-electron chi connectivity index (χ1n) is 10.6. The number of anilines is 1. The van der Waals surface area contributed by atoms with Gasteiger partial charge in [-0.15, -0.1) is 5.10 Å². The number of carbonyl (C=O) groups excluding carboxylic acids is 1. The Balaban J connectivity index is 1.59. The van der Waals surface area contributed by atoms with Crippen molar-refractivity contribution in [1.82, 2.24) is 14.8 Å². The van der Waals surface area contributed by atoms with Gasteiger partial charge < -0.3 is 19.5 Å². The zero-order valence-corrected chi connectivity index (χ0v) is 19.5. The summed E-state index contributed by atoms with van der Waals surface area (Å²) in [7, 11) is 4.38. The molecule has 0 fully saturated rings. The van der Waals surface area contributed by atoms with Crippen LogP contribution in [0.3, 0.4) is 0 Å². The molecule has 0 aliphatic carbocycles. The van der Waals surface area contributed by atoms with E-state index in [1.54, 1.807) is 42.5 Å². The van der Waals surface area contributed by atoms with E-state index in [-0.39, 0.29) is 11.9 Å². The average Bonchev–Trinajstić information content (AvgIpc) is 3.33. The van der Waals surface area contributed by atoms with Crippen LogP contribution in [-0.2, 0) is 6.18 Å². The highest BCUT2D eigenvalue weighted by Crippen LogP contribution is 2.32. The molecular formula is C25H21F3N4O4. The third-order valence-corrected chi connectivity index (χ3v) is 5.22. The molecule has 8 nitrogen and oxygen atoms in total. The summed E-state index contributed by atoms with van der Waals surface area (Å²) >= 11 is 0. The largest absolute Gasteiger partial charge is 0.497 e. The van der Waals surface area contributed by atoms with Gasteiger partial charge in [-0.25, -0.2) is 4.68 Å². The molecule has 0 aliphatic heterocycles. The Morgan fingerprint density at radius 3 is 2.00 bits per heavy atom. The van der Waals surface area contributed by atoms with Crippen LogP contribution in [0.1, 0.15) is 15.9 Å². The summed E-state index contributed by atoms with van der Waals surface area (Å²) in [5.41, 5.74) is 1.07. The number of hydrogen-bond acceptors (Lipinski definition) is 6. The molecule has 0 bridgehead atoms. The molecule has 36 heavy (non-hydrogen) atoms. The summed E-state index contributed by atoms with van der Waals surface area (Å²) in [4.78, 5) is 17.0. The van der Waals surface area contributed by atoms with Crippen molar-refractivity contribution in [2.45, 2.75) is 6.18 Å². The number of amides is 1. The van der Waals surface area contributed by atoms with Crippen molar-refractivity contribution in [2.75, 3.05) is 26.6 Å². The van der Waals surface area contributed by atoms with Gasteiger partial charge in [-0.1, -0.05) is 12.1 Å². The number of halogens is 3. The van der Waals surface area contributed by atoms with Crippen molar-refractivity contribution < 1.29 is 32.2 Å². The Morgan fingerprint density at radius 1 is 0.861 bits per heavy atom. The lowest BCUT2D eigenvalue weighted by atomic mass is 10.1. The second-order valence-electron chi connectivity index (χ2n) is 7.51. The normalized spacial score (nSPS) is 11.2. The lowest BCUT2D eigenvalue weighted by molar-refractivity contribution is -0.137. The summed E-state index contributed by atoms with van der Waals surface area (Å²) in [6.45, 7) is 0. The SMILES string of the molecule is COc1cc(OC)cc(C(=O)Nc2ccc(-n3nc(OC)nc3-c3ccc(C(F)(F)F)cc3)cc2)c1. The zero-order valence-electron chi connectivity index (χ0n) is 19.5. The van der Waals surface area contributed by atoms with E-state index < -0.39 is 11.7 Å². The summed E-state index contributed by atoms with van der Waals surface area (Å²) in [5, 5.41) is 7.06. The van der Waals surface area contributed by atoms with Crippen LogP contribution in [0.25, 0.3) is 17.1 Å². The van der Waals surface area contributed by atoms with E-state index in [4.69, 9.17) is 14.2 Å². The summed E-state index contributed by atoms with van der Waals surface area (Å²) in [6, 6.07) is 16.2. The van der Waals surface area contributed by atoms with Crippen molar-refractivity contribution in [1.29, 1.82) is 0 Å². The fourth-order valence-corrected chi connectivity index (χ4v) is 3.38. The molecule has 1 heterocycles. The molecule has 0 radical (unpaired) electrons. The molecule has 1 aromatic heterocycles. The van der Waals surface area contributed by atoms with Gasteiger partial charge in [0.15, 0.2) is 5.82 Å². The van der Waals surface area contributed by atoms with Gasteiger partial charge in [0, 0.05) is 22.9 Å². The minimum absolute atomic E-state index is 0.0502. The van der Waals surface area contributed by atoms with Crippen molar-refractivity contribution in [3.8, 4) is 34.6 Å². The first-order chi connectivity index (χ1) is 17.2. The first kappa shape index (κ1) is 24.6. The van der Waals surface area contributed by atoms with E-state index in [1.165, 1.54) is 38.1 Å². The predicted octanol–water partition coefficient (Wildman–Crippen LogP) is 5.23. The number of ether oxygens (including phenoxy) is 3. The second-order valence-corrected chi connectivity index (χ2v) is 7.51. The molecule has 11 heteroatoms. The Labute approximate surface area is 204 Å². The zero-order chi connectivity index (χ0) is 25.9. The van der Waals surface area contributed by atoms with Crippen molar-refractivity contribution >= 4 is 11.6 Å². The number of rotatable bonds is 7. The Hall–Kier alpha value is -4.54. The van der Waals surface area contributed by atoms with E-state index in [9.17, 15) is 18.0 Å². The number of carbonyl (C=O) groups is 1. The van der Waals surface area contributed by atoms with Crippen LogP contribution in [0, 0.1) is 0 Å². The highest BCUT2D eigenvalue weighted by molar-refractivity contribution is 6.04. The molecule has 3 aromatic carbocycles. The maximum atomic E-state index is 12.9. The molecule has 1 amide bonds. The minimum atomic E-state index is -4.44. The molecule has 0 saturated carbocycles. The Morgan fingerprint density at radius 2 is 1.47 bits per heavy atom. The Bertz CT molecular complexity index is 1350. The molecule has 1 N–H and O–H groups in total. The van der Waals surface area contributed by atoms with Crippen molar-refractivity contribution in [3.05, 3.63) is 77.9 Å². The number of nitrogens with one attached hydrogen (secondary N) is 1. The standard InChI is InChI=1S/C25H21F3N4O4/c1-34-20-12-16(13-21(14-20)35-2)23(33)29-18-8-10-19(11-9-18)32-22(30-24(31-32)36-3)15-4-6-17(7-5-15)25(26,27)28/h4-14H,1-3H3,(H,29,33). The molecule has 0 saturated heterocycles. The van der Waals surface area contributed by atoms with Crippen LogP contribution in [0.2, 0.25) is 0 Å². The Kier molecular flexibility index (Phi) is 6.82.